The number of aromatic nitrogens is 3. The largest absolute Gasteiger partial charge is 0.274 e. The lowest BCUT2D eigenvalue weighted by molar-refractivity contribution is 0.0946. The van der Waals surface area contributed by atoms with Crippen molar-refractivity contribution in [3.05, 3.63) is 47.5 Å². The van der Waals surface area contributed by atoms with E-state index < -0.39 is 0 Å². The Morgan fingerprint density at radius 1 is 1.00 bits per heavy atom. The average Bonchev–Trinajstić information content (AvgIpc) is 2.80. The molecular formula is C18H15N3O. The molecule has 0 saturated carbocycles. The molecule has 0 saturated heterocycles. The number of carbonyl (C=O) groups excluding carboxylic acids is 1. The van der Waals surface area contributed by atoms with E-state index in [-0.39, 0.29) is 5.91 Å². The maximum atomic E-state index is 12.1. The summed E-state index contributed by atoms with van der Waals surface area (Å²) in [5.74, 6) is -0.0521. The van der Waals surface area contributed by atoms with Gasteiger partial charge < -0.3 is 0 Å². The summed E-state index contributed by atoms with van der Waals surface area (Å²) < 4.78 is 1.65. The zero-order valence-corrected chi connectivity index (χ0v) is 12.7. The fourth-order valence-electron chi connectivity index (χ4n) is 2.94. The van der Waals surface area contributed by atoms with E-state index in [9.17, 15) is 4.79 Å². The molecule has 4 rings (SSSR count). The number of hydrogen-bond acceptors (Lipinski definition) is 3. The summed E-state index contributed by atoms with van der Waals surface area (Å²) in [6, 6.07) is 11.9. The summed E-state index contributed by atoms with van der Waals surface area (Å²) in [6.07, 6.45) is 0. The maximum Gasteiger partial charge on any atom is 0.229 e. The molecule has 0 N–H and O–H groups in total. The summed E-state index contributed by atoms with van der Waals surface area (Å²) in [4.78, 5) is 21.6. The summed E-state index contributed by atoms with van der Waals surface area (Å²) in [6.45, 7) is 5.68. The van der Waals surface area contributed by atoms with Crippen molar-refractivity contribution in [1.29, 1.82) is 0 Å². The zero-order valence-electron chi connectivity index (χ0n) is 12.7. The lowest BCUT2D eigenvalue weighted by Crippen LogP contribution is -2.06. The van der Waals surface area contributed by atoms with E-state index in [1.54, 1.807) is 11.5 Å². The predicted octanol–water partition coefficient (Wildman–Crippen LogP) is 4.01. The van der Waals surface area contributed by atoms with Gasteiger partial charge in [-0.2, -0.15) is 0 Å². The molecule has 108 valence electrons. The van der Waals surface area contributed by atoms with Crippen LogP contribution in [0.2, 0.25) is 0 Å². The van der Waals surface area contributed by atoms with Crippen LogP contribution in [0.25, 0.3) is 33.1 Å². The van der Waals surface area contributed by atoms with Gasteiger partial charge in [0.25, 0.3) is 0 Å². The Bertz CT molecular complexity index is 1080. The highest BCUT2D eigenvalue weighted by molar-refractivity contribution is 6.11. The first kappa shape index (κ1) is 13.0. The summed E-state index contributed by atoms with van der Waals surface area (Å²) in [7, 11) is 0. The molecule has 0 aliphatic heterocycles. The fraction of sp³-hybridized carbons (Fsp3) is 0.167. The maximum absolute atomic E-state index is 12.1. The van der Waals surface area contributed by atoms with Gasteiger partial charge in [-0.25, -0.2) is 9.97 Å². The van der Waals surface area contributed by atoms with Crippen LogP contribution >= 0.6 is 0 Å². The Balaban J connectivity index is 2.27. The third kappa shape index (κ3) is 1.67. The average molecular weight is 289 g/mol. The van der Waals surface area contributed by atoms with Crippen LogP contribution in [0.5, 0.6) is 0 Å². The Kier molecular flexibility index (Phi) is 2.57. The Morgan fingerprint density at radius 2 is 1.64 bits per heavy atom. The minimum Gasteiger partial charge on any atom is -0.274 e. The topological polar surface area (TPSA) is 47.8 Å². The van der Waals surface area contributed by atoms with E-state index >= 15 is 0 Å². The van der Waals surface area contributed by atoms with Gasteiger partial charge in [-0.05, 0) is 43.2 Å². The summed E-state index contributed by atoms with van der Waals surface area (Å²) in [5.41, 5.74) is 6.31. The van der Waals surface area contributed by atoms with Gasteiger partial charge in [-0.3, -0.25) is 9.36 Å². The molecule has 2 heterocycles. The number of para-hydroxylation sites is 1. The van der Waals surface area contributed by atoms with Gasteiger partial charge in [-0.1, -0.05) is 18.2 Å². The molecule has 0 atom stereocenters. The number of carbonyl (C=O) groups is 1. The third-order valence-electron chi connectivity index (χ3n) is 4.19. The van der Waals surface area contributed by atoms with Crippen LogP contribution in [0.15, 0.2) is 36.4 Å². The molecule has 2 aromatic carbocycles. The fourth-order valence-corrected chi connectivity index (χ4v) is 2.94. The smallest absolute Gasteiger partial charge is 0.229 e. The van der Waals surface area contributed by atoms with Crippen molar-refractivity contribution >= 4 is 39.0 Å². The lowest BCUT2D eigenvalue weighted by Gasteiger charge is -2.04. The van der Waals surface area contributed by atoms with Crippen LogP contribution in [0, 0.1) is 13.8 Å². The predicted molar refractivity (Wildman–Crippen MR) is 88.3 cm³/mol. The van der Waals surface area contributed by atoms with E-state index in [4.69, 9.17) is 9.97 Å². The minimum atomic E-state index is -0.0521. The molecule has 2 aromatic heterocycles. The lowest BCUT2D eigenvalue weighted by atomic mass is 10.1. The SMILES string of the molecule is CC(=O)n1c2ccccc2c2nc3cc(C)c(C)cc3nc21. The van der Waals surface area contributed by atoms with Crippen molar-refractivity contribution in [2.45, 2.75) is 20.8 Å². The number of benzene rings is 2. The van der Waals surface area contributed by atoms with Crippen molar-refractivity contribution < 1.29 is 4.79 Å². The van der Waals surface area contributed by atoms with Crippen molar-refractivity contribution in [3.8, 4) is 0 Å². The Morgan fingerprint density at radius 3 is 2.32 bits per heavy atom. The van der Waals surface area contributed by atoms with E-state index in [2.05, 4.69) is 19.9 Å². The molecule has 0 fully saturated rings. The molecule has 4 nitrogen and oxygen atoms in total. The second-order valence-electron chi connectivity index (χ2n) is 5.69. The highest BCUT2D eigenvalue weighted by Gasteiger charge is 2.16. The molecular weight excluding hydrogens is 274 g/mol. The molecule has 0 spiro atoms. The summed E-state index contributed by atoms with van der Waals surface area (Å²) >= 11 is 0. The molecule has 22 heavy (non-hydrogen) atoms. The van der Waals surface area contributed by atoms with Gasteiger partial charge in [0, 0.05) is 12.3 Å². The Labute approximate surface area is 127 Å². The van der Waals surface area contributed by atoms with Crippen LogP contribution in [0.1, 0.15) is 22.8 Å². The zero-order chi connectivity index (χ0) is 15.4. The third-order valence-corrected chi connectivity index (χ3v) is 4.19. The van der Waals surface area contributed by atoms with E-state index in [0.717, 1.165) is 27.5 Å². The number of hydrogen-bond donors (Lipinski definition) is 0. The first-order chi connectivity index (χ1) is 10.6. The second-order valence-corrected chi connectivity index (χ2v) is 5.69. The quantitative estimate of drug-likeness (QED) is 0.491. The van der Waals surface area contributed by atoms with Gasteiger partial charge in [0.05, 0.1) is 16.6 Å². The van der Waals surface area contributed by atoms with Gasteiger partial charge >= 0.3 is 0 Å². The van der Waals surface area contributed by atoms with Crippen LogP contribution in [-0.2, 0) is 0 Å². The number of fused-ring (bicyclic) bond motifs is 4. The number of nitrogens with zero attached hydrogens (tertiary/aromatic N) is 3. The molecule has 0 aliphatic rings. The van der Waals surface area contributed by atoms with Crippen LogP contribution in [0.3, 0.4) is 0 Å². The monoisotopic (exact) mass is 289 g/mol. The minimum absolute atomic E-state index is 0.0521. The van der Waals surface area contributed by atoms with E-state index in [1.807, 2.05) is 30.3 Å². The van der Waals surface area contributed by atoms with Crippen molar-refractivity contribution in [1.82, 2.24) is 14.5 Å². The van der Waals surface area contributed by atoms with Crippen molar-refractivity contribution in [2.75, 3.05) is 0 Å². The first-order valence-corrected chi connectivity index (χ1v) is 7.25. The summed E-state index contributed by atoms with van der Waals surface area (Å²) in [5, 5.41) is 0.959. The molecule has 0 amide bonds. The van der Waals surface area contributed by atoms with Crippen molar-refractivity contribution in [3.63, 3.8) is 0 Å². The van der Waals surface area contributed by atoms with Gasteiger partial charge in [0.2, 0.25) is 5.91 Å². The van der Waals surface area contributed by atoms with E-state index in [0.29, 0.717) is 5.65 Å². The van der Waals surface area contributed by atoms with Crippen molar-refractivity contribution in [2.24, 2.45) is 0 Å². The second kappa shape index (κ2) is 4.37. The number of rotatable bonds is 0. The van der Waals surface area contributed by atoms with Gasteiger partial charge in [0.1, 0.15) is 5.52 Å². The molecule has 4 heteroatoms. The normalized spacial score (nSPS) is 11.6. The molecule has 4 aromatic rings. The van der Waals surface area contributed by atoms with E-state index in [1.165, 1.54) is 11.1 Å². The number of aryl methyl sites for hydroxylation is 2. The molecule has 0 aliphatic carbocycles. The Hall–Kier alpha value is -2.75. The van der Waals surface area contributed by atoms with Gasteiger partial charge in [-0.15, -0.1) is 0 Å². The van der Waals surface area contributed by atoms with Crippen LogP contribution < -0.4 is 0 Å². The molecule has 0 unspecified atom stereocenters. The first-order valence-electron chi connectivity index (χ1n) is 7.25. The highest BCUT2D eigenvalue weighted by Crippen LogP contribution is 2.28. The van der Waals surface area contributed by atoms with Crippen LogP contribution in [0.4, 0.5) is 0 Å². The van der Waals surface area contributed by atoms with Gasteiger partial charge in [0.15, 0.2) is 5.65 Å². The molecule has 0 radical (unpaired) electrons. The highest BCUT2D eigenvalue weighted by atomic mass is 16.1. The molecule has 0 bridgehead atoms. The standard InChI is InChI=1S/C18H15N3O/c1-10-8-14-15(9-11(10)2)20-18-17(19-14)13-6-4-5-7-16(13)21(18)12(3)22/h4-9H,1-3H3. The van der Waals surface area contributed by atoms with Crippen LogP contribution in [-0.4, -0.2) is 20.4 Å².